The van der Waals surface area contributed by atoms with E-state index in [0.717, 1.165) is 10.9 Å². The highest BCUT2D eigenvalue weighted by Gasteiger charge is 2.00. The van der Waals surface area contributed by atoms with E-state index in [1.165, 1.54) is 16.5 Å². The van der Waals surface area contributed by atoms with Crippen LogP contribution >= 0.6 is 15.9 Å². The lowest BCUT2D eigenvalue weighted by atomic mass is 10.1. The Hall–Kier alpha value is -0.760. The Bertz CT molecular complexity index is 403. The van der Waals surface area contributed by atoms with Crippen molar-refractivity contribution in [3.05, 3.63) is 34.4 Å². The normalized spacial score (nSPS) is 10.8. The van der Waals surface area contributed by atoms with E-state index >= 15 is 0 Å². The van der Waals surface area contributed by atoms with E-state index in [9.17, 15) is 0 Å². The van der Waals surface area contributed by atoms with E-state index in [0.29, 0.717) is 0 Å². The molecule has 0 spiro atoms. The monoisotopic (exact) mass is 223 g/mol. The van der Waals surface area contributed by atoms with Crippen LogP contribution in [0.5, 0.6) is 0 Å². The molecule has 0 aliphatic heterocycles. The number of aryl methyl sites for hydroxylation is 1. The van der Waals surface area contributed by atoms with Crippen LogP contribution in [0.15, 0.2) is 28.9 Å². The molecule has 0 aliphatic carbocycles. The summed E-state index contributed by atoms with van der Waals surface area (Å²) in [7, 11) is 0. The Labute approximate surface area is 79.9 Å². The molecule has 0 aliphatic rings. The predicted octanol–water partition coefficient (Wildman–Crippen LogP) is 3.49. The molecule has 1 nitrogen and oxygen atoms in total. The lowest BCUT2D eigenvalue weighted by Crippen LogP contribution is -1.77. The topological polar surface area (TPSA) is 15.8 Å². The Kier molecular flexibility index (Phi) is 1.93. The first-order valence-electron chi connectivity index (χ1n) is 4.07. The lowest BCUT2D eigenvalue weighted by Gasteiger charge is -1.96. The average molecular weight is 224 g/mol. The minimum Gasteiger partial charge on any atom is -0.360 e. The van der Waals surface area contributed by atoms with E-state index in [1.54, 1.807) is 0 Å². The third-order valence-corrected chi connectivity index (χ3v) is 2.76. The van der Waals surface area contributed by atoms with Crippen LogP contribution in [-0.2, 0) is 6.42 Å². The molecule has 0 saturated carbocycles. The van der Waals surface area contributed by atoms with Crippen LogP contribution in [0.1, 0.15) is 12.5 Å². The van der Waals surface area contributed by atoms with E-state index in [1.807, 2.05) is 6.20 Å². The number of aromatic nitrogens is 1. The summed E-state index contributed by atoms with van der Waals surface area (Å²) in [6, 6.07) is 6.50. The second-order valence-corrected chi connectivity index (χ2v) is 3.72. The van der Waals surface area contributed by atoms with Crippen LogP contribution < -0.4 is 0 Å². The number of nitrogens with one attached hydrogen (secondary N) is 1. The van der Waals surface area contributed by atoms with Gasteiger partial charge in [0.15, 0.2) is 0 Å². The van der Waals surface area contributed by atoms with Crippen LogP contribution in [0, 0.1) is 0 Å². The maximum atomic E-state index is 3.50. The van der Waals surface area contributed by atoms with Gasteiger partial charge >= 0.3 is 0 Å². The Balaban J connectivity index is 2.71. The largest absolute Gasteiger partial charge is 0.360 e. The number of aromatic amines is 1. The zero-order valence-electron chi connectivity index (χ0n) is 6.89. The van der Waals surface area contributed by atoms with Gasteiger partial charge in [0.05, 0.1) is 0 Å². The van der Waals surface area contributed by atoms with Crippen molar-refractivity contribution in [2.24, 2.45) is 0 Å². The van der Waals surface area contributed by atoms with Crippen molar-refractivity contribution >= 4 is 26.8 Å². The number of benzene rings is 1. The summed E-state index contributed by atoms with van der Waals surface area (Å²) in [5.41, 5.74) is 2.57. The molecule has 1 aromatic carbocycles. The summed E-state index contributed by atoms with van der Waals surface area (Å²) in [6.07, 6.45) is 3.07. The number of H-pyrrole nitrogens is 1. The summed E-state index contributed by atoms with van der Waals surface area (Å²) in [6.45, 7) is 2.17. The van der Waals surface area contributed by atoms with Gasteiger partial charge in [-0.1, -0.05) is 13.0 Å². The molecular weight excluding hydrogens is 214 g/mol. The van der Waals surface area contributed by atoms with Crippen molar-refractivity contribution in [3.8, 4) is 0 Å². The minimum atomic E-state index is 1.09. The third kappa shape index (κ3) is 1.16. The molecule has 1 aromatic heterocycles. The van der Waals surface area contributed by atoms with Gasteiger partial charge in [0.25, 0.3) is 0 Å². The van der Waals surface area contributed by atoms with Gasteiger partial charge in [-0.15, -0.1) is 0 Å². The molecule has 0 amide bonds. The van der Waals surface area contributed by atoms with Gasteiger partial charge in [-0.05, 0) is 40.0 Å². The molecule has 62 valence electrons. The number of hydrogen-bond acceptors (Lipinski definition) is 0. The molecule has 0 saturated heterocycles. The van der Waals surface area contributed by atoms with Crippen LogP contribution in [0.3, 0.4) is 0 Å². The first kappa shape index (κ1) is 7.87. The molecule has 2 rings (SSSR count). The summed E-state index contributed by atoms with van der Waals surface area (Å²) in [5, 5.41) is 1.27. The smallest absolute Gasteiger partial charge is 0.0465 e. The Morgan fingerprint density at radius 3 is 3.00 bits per heavy atom. The highest BCUT2D eigenvalue weighted by Crippen LogP contribution is 2.24. The first-order chi connectivity index (χ1) is 5.81. The zero-order valence-corrected chi connectivity index (χ0v) is 8.48. The van der Waals surface area contributed by atoms with Crippen LogP contribution in [0.2, 0.25) is 0 Å². The molecule has 0 fully saturated rings. The minimum absolute atomic E-state index is 1.09. The number of fused-ring (bicyclic) bond motifs is 1. The number of hydrogen-bond donors (Lipinski definition) is 1. The van der Waals surface area contributed by atoms with E-state index in [4.69, 9.17) is 0 Å². The maximum Gasteiger partial charge on any atom is 0.0465 e. The molecule has 12 heavy (non-hydrogen) atoms. The standard InChI is InChI=1S/C10H10BrN/c1-2-7-3-4-10-8(5-7)9(11)6-12-10/h3-6,12H,2H2,1H3. The van der Waals surface area contributed by atoms with Crippen LogP contribution in [-0.4, -0.2) is 4.98 Å². The lowest BCUT2D eigenvalue weighted by molar-refractivity contribution is 1.15. The van der Waals surface area contributed by atoms with E-state index in [2.05, 4.69) is 46.0 Å². The predicted molar refractivity (Wildman–Crippen MR) is 55.4 cm³/mol. The van der Waals surface area contributed by atoms with Crippen molar-refractivity contribution in [3.63, 3.8) is 0 Å². The van der Waals surface area contributed by atoms with E-state index in [-0.39, 0.29) is 0 Å². The zero-order chi connectivity index (χ0) is 8.55. The van der Waals surface area contributed by atoms with E-state index < -0.39 is 0 Å². The molecular formula is C10H10BrN. The Morgan fingerprint density at radius 2 is 2.25 bits per heavy atom. The van der Waals surface area contributed by atoms with Crippen molar-refractivity contribution < 1.29 is 0 Å². The average Bonchev–Trinajstić information content (AvgIpc) is 2.47. The van der Waals surface area contributed by atoms with Gasteiger partial charge in [-0.25, -0.2) is 0 Å². The number of rotatable bonds is 1. The highest BCUT2D eigenvalue weighted by atomic mass is 79.9. The van der Waals surface area contributed by atoms with Crippen molar-refractivity contribution in [1.29, 1.82) is 0 Å². The summed E-state index contributed by atoms with van der Waals surface area (Å²) in [5.74, 6) is 0. The maximum absolute atomic E-state index is 3.50. The van der Waals surface area contributed by atoms with Crippen molar-refractivity contribution in [2.45, 2.75) is 13.3 Å². The quantitative estimate of drug-likeness (QED) is 0.763. The summed E-state index contributed by atoms with van der Waals surface area (Å²) < 4.78 is 1.15. The summed E-state index contributed by atoms with van der Waals surface area (Å²) in [4.78, 5) is 3.19. The fourth-order valence-corrected chi connectivity index (χ4v) is 1.80. The molecule has 0 atom stereocenters. The molecule has 2 aromatic rings. The molecule has 0 radical (unpaired) electrons. The highest BCUT2D eigenvalue weighted by molar-refractivity contribution is 9.10. The first-order valence-corrected chi connectivity index (χ1v) is 4.86. The molecule has 2 heteroatoms. The van der Waals surface area contributed by atoms with Crippen LogP contribution in [0.25, 0.3) is 10.9 Å². The summed E-state index contributed by atoms with van der Waals surface area (Å²) >= 11 is 3.50. The van der Waals surface area contributed by atoms with Crippen molar-refractivity contribution in [1.82, 2.24) is 4.98 Å². The van der Waals surface area contributed by atoms with Gasteiger partial charge in [0, 0.05) is 21.6 Å². The van der Waals surface area contributed by atoms with Crippen molar-refractivity contribution in [2.75, 3.05) is 0 Å². The molecule has 1 heterocycles. The van der Waals surface area contributed by atoms with Gasteiger partial charge in [0.2, 0.25) is 0 Å². The van der Waals surface area contributed by atoms with Gasteiger partial charge in [-0.3, -0.25) is 0 Å². The molecule has 0 bridgehead atoms. The third-order valence-electron chi connectivity index (χ3n) is 2.10. The molecule has 0 unspecified atom stereocenters. The van der Waals surface area contributed by atoms with Crippen LogP contribution in [0.4, 0.5) is 0 Å². The van der Waals surface area contributed by atoms with Gasteiger partial charge < -0.3 is 4.98 Å². The molecule has 1 N–H and O–H groups in total. The van der Waals surface area contributed by atoms with Gasteiger partial charge in [-0.2, -0.15) is 0 Å². The SMILES string of the molecule is CCc1ccc2[nH]cc(Br)c2c1. The van der Waals surface area contributed by atoms with Gasteiger partial charge in [0.1, 0.15) is 0 Å². The Morgan fingerprint density at radius 1 is 1.42 bits per heavy atom. The fraction of sp³-hybridized carbons (Fsp3) is 0.200. The fourth-order valence-electron chi connectivity index (χ4n) is 1.35. The number of halogens is 1. The second-order valence-electron chi connectivity index (χ2n) is 2.87. The second kappa shape index (κ2) is 2.94.